The van der Waals surface area contributed by atoms with Gasteiger partial charge in [-0.1, -0.05) is 18.2 Å². The Hall–Kier alpha value is -2.19. The number of nitrogens with one attached hydrogen (secondary N) is 2. The van der Waals surface area contributed by atoms with Crippen LogP contribution in [0.1, 0.15) is 34.7 Å². The number of aryl methyl sites for hydroxylation is 3. The van der Waals surface area contributed by atoms with Crippen LogP contribution in [0.4, 0.5) is 4.39 Å². The molecule has 0 aliphatic heterocycles. The lowest BCUT2D eigenvalue weighted by Crippen LogP contribution is -2.26. The maximum absolute atomic E-state index is 13.5. The van der Waals surface area contributed by atoms with E-state index < -0.39 is 0 Å². The van der Waals surface area contributed by atoms with Crippen molar-refractivity contribution < 1.29 is 9.18 Å². The minimum atomic E-state index is -0.196. The maximum Gasteiger partial charge on any atom is 0.259 e. The second-order valence-corrected chi connectivity index (χ2v) is 9.23. The predicted octanol–water partition coefficient (Wildman–Crippen LogP) is 3.59. The zero-order valence-corrected chi connectivity index (χ0v) is 17.6. The third kappa shape index (κ3) is 4.70. The lowest BCUT2D eigenvalue weighted by molar-refractivity contribution is -0.120. The number of aromatic nitrogens is 2. The summed E-state index contributed by atoms with van der Waals surface area (Å²) in [6, 6.07) is 6.72. The van der Waals surface area contributed by atoms with Crippen molar-refractivity contribution in [3.05, 3.63) is 62.3 Å². The molecule has 152 valence electrons. The van der Waals surface area contributed by atoms with Crippen LogP contribution in [0.3, 0.4) is 0 Å². The monoisotopic (exact) mass is 431 g/mol. The third-order valence-corrected chi connectivity index (χ3v) is 7.19. The molecule has 0 unspecified atom stereocenters. The van der Waals surface area contributed by atoms with E-state index in [0.29, 0.717) is 35.9 Å². The molecule has 0 atom stereocenters. The number of halogens is 1. The molecule has 2 heterocycles. The van der Waals surface area contributed by atoms with Crippen molar-refractivity contribution in [1.29, 1.82) is 0 Å². The van der Waals surface area contributed by atoms with Crippen molar-refractivity contribution in [3.8, 4) is 0 Å². The molecular formula is C21H22FN3O2S2. The van der Waals surface area contributed by atoms with Crippen LogP contribution in [0.2, 0.25) is 0 Å². The number of carbonyl (C=O) groups excluding carboxylic acids is 1. The summed E-state index contributed by atoms with van der Waals surface area (Å²) >= 11 is 3.18. The first-order chi connectivity index (χ1) is 14.1. The Kier molecular flexibility index (Phi) is 6.30. The first-order valence-corrected chi connectivity index (χ1v) is 11.7. The molecule has 0 saturated heterocycles. The largest absolute Gasteiger partial charge is 0.355 e. The van der Waals surface area contributed by atoms with E-state index in [1.165, 1.54) is 10.9 Å². The van der Waals surface area contributed by atoms with E-state index in [-0.39, 0.29) is 23.7 Å². The van der Waals surface area contributed by atoms with Crippen LogP contribution in [0.15, 0.2) is 29.1 Å². The molecule has 5 nitrogen and oxygen atoms in total. The molecule has 1 aliphatic carbocycles. The van der Waals surface area contributed by atoms with E-state index >= 15 is 0 Å². The smallest absolute Gasteiger partial charge is 0.259 e. The molecule has 29 heavy (non-hydrogen) atoms. The Morgan fingerprint density at radius 3 is 3.03 bits per heavy atom. The van der Waals surface area contributed by atoms with Crippen LogP contribution in [0.25, 0.3) is 10.2 Å². The molecular weight excluding hydrogens is 409 g/mol. The second-order valence-electron chi connectivity index (χ2n) is 7.04. The number of benzene rings is 1. The SMILES string of the molecule is O=C(CCc1nc2sc3c(c2c(=O)[nH]1)CCC3)NCCSCc1ccccc1F. The summed E-state index contributed by atoms with van der Waals surface area (Å²) in [5, 5.41) is 3.60. The van der Waals surface area contributed by atoms with Gasteiger partial charge >= 0.3 is 0 Å². The highest BCUT2D eigenvalue weighted by atomic mass is 32.2. The summed E-state index contributed by atoms with van der Waals surface area (Å²) in [5.74, 6) is 1.58. The van der Waals surface area contributed by atoms with Gasteiger partial charge in [0.05, 0.1) is 5.39 Å². The van der Waals surface area contributed by atoms with E-state index in [1.807, 2.05) is 6.07 Å². The fraction of sp³-hybridized carbons (Fsp3) is 0.381. The summed E-state index contributed by atoms with van der Waals surface area (Å²) in [5.41, 5.74) is 1.75. The van der Waals surface area contributed by atoms with Gasteiger partial charge < -0.3 is 10.3 Å². The van der Waals surface area contributed by atoms with Crippen molar-refractivity contribution in [2.75, 3.05) is 12.3 Å². The number of thiophene rings is 1. The first kappa shape index (κ1) is 20.1. The van der Waals surface area contributed by atoms with Gasteiger partial charge in [0.15, 0.2) is 0 Å². The fourth-order valence-corrected chi connectivity index (χ4v) is 5.67. The molecule has 4 rings (SSSR count). The minimum Gasteiger partial charge on any atom is -0.355 e. The van der Waals surface area contributed by atoms with Gasteiger partial charge in [0.25, 0.3) is 5.56 Å². The maximum atomic E-state index is 13.5. The second kappa shape index (κ2) is 9.09. The van der Waals surface area contributed by atoms with Crippen molar-refractivity contribution in [3.63, 3.8) is 0 Å². The quantitative estimate of drug-likeness (QED) is 0.535. The van der Waals surface area contributed by atoms with Crippen LogP contribution in [0.5, 0.6) is 0 Å². The number of fused-ring (bicyclic) bond motifs is 3. The van der Waals surface area contributed by atoms with Crippen LogP contribution in [0, 0.1) is 5.82 Å². The molecule has 1 aromatic carbocycles. The molecule has 0 saturated carbocycles. The number of hydrogen-bond acceptors (Lipinski definition) is 5. The number of hydrogen-bond donors (Lipinski definition) is 2. The molecule has 3 aromatic rings. The van der Waals surface area contributed by atoms with E-state index in [2.05, 4.69) is 15.3 Å². The summed E-state index contributed by atoms with van der Waals surface area (Å²) < 4.78 is 13.5. The first-order valence-electron chi connectivity index (χ1n) is 9.73. The van der Waals surface area contributed by atoms with E-state index in [1.54, 1.807) is 35.2 Å². The molecule has 8 heteroatoms. The van der Waals surface area contributed by atoms with Crippen LogP contribution >= 0.6 is 23.1 Å². The van der Waals surface area contributed by atoms with Crippen LogP contribution in [-0.4, -0.2) is 28.2 Å². The summed E-state index contributed by atoms with van der Waals surface area (Å²) in [6.45, 7) is 0.526. The number of nitrogens with zero attached hydrogens (tertiary/aromatic N) is 1. The van der Waals surface area contributed by atoms with Gasteiger partial charge in [0.1, 0.15) is 16.5 Å². The van der Waals surface area contributed by atoms with Crippen LogP contribution < -0.4 is 10.9 Å². The minimum absolute atomic E-state index is 0.0760. The Morgan fingerprint density at radius 1 is 1.31 bits per heavy atom. The summed E-state index contributed by atoms with van der Waals surface area (Å²) in [4.78, 5) is 34.0. The molecule has 2 N–H and O–H groups in total. The van der Waals surface area contributed by atoms with Crippen molar-refractivity contribution >= 4 is 39.2 Å². The number of rotatable bonds is 8. The molecule has 1 aliphatic rings. The number of aromatic amines is 1. The molecule has 0 radical (unpaired) electrons. The van der Waals surface area contributed by atoms with Crippen LogP contribution in [-0.2, 0) is 29.8 Å². The topological polar surface area (TPSA) is 74.8 Å². The highest BCUT2D eigenvalue weighted by Gasteiger charge is 2.21. The lowest BCUT2D eigenvalue weighted by Gasteiger charge is -2.06. The van der Waals surface area contributed by atoms with E-state index in [9.17, 15) is 14.0 Å². The Labute approximate surface area is 176 Å². The summed E-state index contributed by atoms with van der Waals surface area (Å²) in [7, 11) is 0. The predicted molar refractivity (Wildman–Crippen MR) is 116 cm³/mol. The zero-order valence-electron chi connectivity index (χ0n) is 15.9. The average Bonchev–Trinajstić information content (AvgIpc) is 3.28. The van der Waals surface area contributed by atoms with Gasteiger partial charge in [0.2, 0.25) is 5.91 Å². The number of carbonyl (C=O) groups is 1. The van der Waals surface area contributed by atoms with Crippen molar-refractivity contribution in [2.45, 2.75) is 37.9 Å². The molecule has 0 spiro atoms. The van der Waals surface area contributed by atoms with Gasteiger partial charge in [0, 0.05) is 35.8 Å². The van der Waals surface area contributed by atoms with Gasteiger partial charge in [-0.15, -0.1) is 11.3 Å². The Balaban J connectivity index is 1.23. The molecule has 2 aromatic heterocycles. The van der Waals surface area contributed by atoms with Gasteiger partial charge in [-0.2, -0.15) is 11.8 Å². The van der Waals surface area contributed by atoms with Crippen molar-refractivity contribution in [2.24, 2.45) is 0 Å². The fourth-order valence-electron chi connectivity index (χ4n) is 3.55. The highest BCUT2D eigenvalue weighted by Crippen LogP contribution is 2.34. The van der Waals surface area contributed by atoms with E-state index in [4.69, 9.17) is 0 Å². The highest BCUT2D eigenvalue weighted by molar-refractivity contribution is 7.98. The number of thioether (sulfide) groups is 1. The van der Waals surface area contributed by atoms with Gasteiger partial charge in [-0.3, -0.25) is 9.59 Å². The van der Waals surface area contributed by atoms with E-state index in [0.717, 1.165) is 35.0 Å². The summed E-state index contributed by atoms with van der Waals surface area (Å²) in [6.07, 6.45) is 3.77. The third-order valence-electron chi connectivity index (χ3n) is 5.00. The number of H-pyrrole nitrogens is 1. The lowest BCUT2D eigenvalue weighted by atomic mass is 10.2. The number of amides is 1. The zero-order chi connectivity index (χ0) is 20.2. The Morgan fingerprint density at radius 2 is 2.17 bits per heavy atom. The normalized spacial score (nSPS) is 13.0. The van der Waals surface area contributed by atoms with Gasteiger partial charge in [-0.05, 0) is 36.5 Å². The standard InChI is InChI=1S/C21H22FN3O2S2/c22-15-6-2-1-4-13(15)12-28-11-10-23-18(26)9-8-17-24-20(27)19-14-5-3-7-16(14)29-21(19)25-17/h1-2,4,6H,3,5,7-12H2,(H,23,26)(H,24,25,27). The van der Waals surface area contributed by atoms with Gasteiger partial charge in [-0.25, -0.2) is 9.37 Å². The molecule has 0 fully saturated rings. The average molecular weight is 432 g/mol. The molecule has 0 bridgehead atoms. The Bertz CT molecular complexity index is 1090. The molecule has 1 amide bonds. The van der Waals surface area contributed by atoms with Crippen molar-refractivity contribution in [1.82, 2.24) is 15.3 Å².